The van der Waals surface area contributed by atoms with Crippen molar-refractivity contribution < 1.29 is 32.7 Å². The summed E-state index contributed by atoms with van der Waals surface area (Å²) in [6.07, 6.45) is 1.30. The van der Waals surface area contributed by atoms with Gasteiger partial charge in [0.05, 0.1) is 23.5 Å². The van der Waals surface area contributed by atoms with E-state index in [1.165, 1.54) is 23.0 Å². The Morgan fingerprint density at radius 3 is 2.67 bits per heavy atom. The number of carbonyl (C=O) groups is 3. The Labute approximate surface area is 254 Å². The first kappa shape index (κ1) is 32.4. The number of carbonyl (C=O) groups excluding carboxylic acids is 2. The summed E-state index contributed by atoms with van der Waals surface area (Å²) >= 11 is 0. The van der Waals surface area contributed by atoms with Crippen LogP contribution in [0.3, 0.4) is 0 Å². The van der Waals surface area contributed by atoms with Crippen molar-refractivity contribution in [2.24, 2.45) is 5.73 Å². The maximum absolute atomic E-state index is 13.7. The average Bonchev–Trinajstić information content (AvgIpc) is 3.71. The van der Waals surface area contributed by atoms with Gasteiger partial charge in [-0.1, -0.05) is 0 Å². The van der Waals surface area contributed by atoms with Gasteiger partial charge in [0.1, 0.15) is 12.6 Å². The standard InChI is InChI=1S/C27H27F3N10O2.CH2O2/c1-15-11-18(3-4-19(15)25(41)35-16(2)26(42)38-8-5-17(32)13-38)36-23-24-34-12-21(40(24)10-7-33-23)20-14-39(9-6-31)37-22(20)27(28,29)30;2-1-3/h3-4,7,10-12,14,16-17H,5,8-9,13,32H2,1-2H3,(H,33,36)(H,35,41);1H,(H,2,3)/t16-,17-;/m1./s1. The molecule has 3 aromatic heterocycles. The van der Waals surface area contributed by atoms with Gasteiger partial charge in [0.15, 0.2) is 17.2 Å². The number of fused-ring (bicyclic) bond motifs is 1. The van der Waals surface area contributed by atoms with Gasteiger partial charge in [0.2, 0.25) is 5.91 Å². The first-order valence-electron chi connectivity index (χ1n) is 13.5. The third kappa shape index (κ3) is 7.18. The lowest BCUT2D eigenvalue weighted by atomic mass is 10.1. The van der Waals surface area contributed by atoms with Gasteiger partial charge in [0, 0.05) is 49.0 Å². The number of aromatic nitrogens is 5. The van der Waals surface area contributed by atoms with E-state index in [1.54, 1.807) is 43.0 Å². The molecule has 4 heterocycles. The van der Waals surface area contributed by atoms with Crippen LogP contribution in [-0.2, 0) is 22.3 Å². The molecule has 2 atom stereocenters. The van der Waals surface area contributed by atoms with E-state index in [1.807, 2.05) is 0 Å². The van der Waals surface area contributed by atoms with Crippen LogP contribution in [0.2, 0.25) is 0 Å². The molecule has 236 valence electrons. The number of rotatable bonds is 7. The molecule has 5 N–H and O–H groups in total. The Hall–Kier alpha value is -5.50. The Kier molecular flexibility index (Phi) is 9.67. The van der Waals surface area contributed by atoms with E-state index in [0.717, 1.165) is 17.3 Å². The zero-order valence-corrected chi connectivity index (χ0v) is 24.1. The van der Waals surface area contributed by atoms with Crippen molar-refractivity contribution in [1.29, 1.82) is 5.26 Å². The highest BCUT2D eigenvalue weighted by Crippen LogP contribution is 2.37. The predicted octanol–water partition coefficient (Wildman–Crippen LogP) is 2.57. The minimum atomic E-state index is -4.74. The van der Waals surface area contributed by atoms with Gasteiger partial charge in [0.25, 0.3) is 12.4 Å². The maximum atomic E-state index is 13.7. The van der Waals surface area contributed by atoms with E-state index in [0.29, 0.717) is 29.9 Å². The molecular formula is C28H29F3N10O4. The second-order valence-electron chi connectivity index (χ2n) is 10.1. The molecule has 0 aliphatic carbocycles. The largest absolute Gasteiger partial charge is 0.483 e. The SMILES string of the molecule is Cc1cc(Nc2nccn3c(-c4cn(CC#N)nc4C(F)(F)F)cnc23)ccc1C(=O)N[C@H](C)C(=O)N1CC[C@@H](N)C1.O=CO. The van der Waals surface area contributed by atoms with Crippen LogP contribution < -0.4 is 16.4 Å². The molecule has 0 bridgehead atoms. The molecule has 45 heavy (non-hydrogen) atoms. The van der Waals surface area contributed by atoms with Crippen LogP contribution in [-0.4, -0.2) is 77.6 Å². The highest BCUT2D eigenvalue weighted by Gasteiger charge is 2.38. The molecule has 0 spiro atoms. The normalized spacial score (nSPS) is 15.1. The summed E-state index contributed by atoms with van der Waals surface area (Å²) < 4.78 is 43.5. The monoisotopic (exact) mass is 626 g/mol. The number of amides is 2. The lowest BCUT2D eigenvalue weighted by Crippen LogP contribution is -2.46. The molecule has 1 aliphatic heterocycles. The molecule has 5 rings (SSSR count). The third-order valence-corrected chi connectivity index (χ3v) is 6.96. The van der Waals surface area contributed by atoms with Crippen molar-refractivity contribution in [2.75, 3.05) is 18.4 Å². The Balaban J connectivity index is 0.00000148. The number of nitriles is 1. The van der Waals surface area contributed by atoms with Gasteiger partial charge in [-0.3, -0.25) is 23.5 Å². The molecule has 1 saturated heterocycles. The first-order valence-corrected chi connectivity index (χ1v) is 13.5. The second-order valence-corrected chi connectivity index (χ2v) is 10.1. The maximum Gasteiger partial charge on any atom is 0.435 e. The summed E-state index contributed by atoms with van der Waals surface area (Å²) in [5.74, 6) is -0.328. The molecule has 0 saturated carbocycles. The van der Waals surface area contributed by atoms with E-state index < -0.39 is 23.8 Å². The average molecular weight is 627 g/mol. The molecule has 1 aromatic carbocycles. The lowest BCUT2D eigenvalue weighted by Gasteiger charge is -2.21. The van der Waals surface area contributed by atoms with Crippen LogP contribution in [0.4, 0.5) is 24.7 Å². The number of benzene rings is 1. The molecule has 1 fully saturated rings. The summed E-state index contributed by atoms with van der Waals surface area (Å²) in [4.78, 5) is 44.2. The van der Waals surface area contributed by atoms with Gasteiger partial charge in [-0.05, 0) is 44.0 Å². The number of likely N-dealkylation sites (tertiary alicyclic amines) is 1. The summed E-state index contributed by atoms with van der Waals surface area (Å²) in [6, 6.07) is 5.97. The van der Waals surface area contributed by atoms with Crippen LogP contribution in [0.5, 0.6) is 0 Å². The highest BCUT2D eigenvalue weighted by atomic mass is 19.4. The minimum Gasteiger partial charge on any atom is -0.483 e. The van der Waals surface area contributed by atoms with Gasteiger partial charge >= 0.3 is 6.18 Å². The van der Waals surface area contributed by atoms with Crippen LogP contribution in [0, 0.1) is 18.3 Å². The van der Waals surface area contributed by atoms with Crippen LogP contribution in [0.25, 0.3) is 16.9 Å². The lowest BCUT2D eigenvalue weighted by molar-refractivity contribution is -0.141. The summed E-state index contributed by atoms with van der Waals surface area (Å²) in [6.45, 7) is 3.81. The number of nitrogens with one attached hydrogen (secondary N) is 2. The van der Waals surface area contributed by atoms with Crippen molar-refractivity contribution in [3.05, 3.63) is 59.8 Å². The molecule has 0 unspecified atom stereocenters. The Bertz CT molecular complexity index is 1760. The van der Waals surface area contributed by atoms with Crippen LogP contribution in [0.1, 0.15) is 35.0 Å². The van der Waals surface area contributed by atoms with E-state index in [2.05, 4.69) is 25.7 Å². The van der Waals surface area contributed by atoms with E-state index >= 15 is 0 Å². The van der Waals surface area contributed by atoms with Crippen molar-refractivity contribution in [3.8, 4) is 17.3 Å². The number of hydrogen-bond donors (Lipinski definition) is 4. The van der Waals surface area contributed by atoms with Crippen molar-refractivity contribution in [3.63, 3.8) is 0 Å². The number of nitrogens with zero attached hydrogens (tertiary/aromatic N) is 7. The van der Waals surface area contributed by atoms with Gasteiger partial charge in [-0.15, -0.1) is 0 Å². The Morgan fingerprint density at radius 2 is 2.04 bits per heavy atom. The van der Waals surface area contributed by atoms with Crippen molar-refractivity contribution in [2.45, 2.75) is 45.1 Å². The van der Waals surface area contributed by atoms with E-state index in [9.17, 15) is 22.8 Å². The Morgan fingerprint density at radius 1 is 1.31 bits per heavy atom. The second kappa shape index (κ2) is 13.4. The zero-order chi connectivity index (χ0) is 32.9. The number of halogens is 3. The fourth-order valence-corrected chi connectivity index (χ4v) is 4.91. The number of nitrogens with two attached hydrogens (primary N) is 1. The molecule has 14 nitrogen and oxygen atoms in total. The third-order valence-electron chi connectivity index (χ3n) is 6.96. The molecule has 17 heteroatoms. The molecule has 0 radical (unpaired) electrons. The molecular weight excluding hydrogens is 597 g/mol. The summed E-state index contributed by atoms with van der Waals surface area (Å²) in [5, 5.41) is 25.2. The number of hydrogen-bond acceptors (Lipinski definition) is 9. The van der Waals surface area contributed by atoms with E-state index in [-0.39, 0.29) is 47.7 Å². The van der Waals surface area contributed by atoms with Crippen molar-refractivity contribution >= 4 is 35.4 Å². The van der Waals surface area contributed by atoms with Crippen molar-refractivity contribution in [1.82, 2.24) is 34.4 Å². The topological polar surface area (TPSA) is 197 Å². The number of aryl methyl sites for hydroxylation is 1. The quantitative estimate of drug-likeness (QED) is 0.221. The highest BCUT2D eigenvalue weighted by molar-refractivity contribution is 5.99. The van der Waals surface area contributed by atoms with Crippen LogP contribution in [0.15, 0.2) is 43.0 Å². The van der Waals surface area contributed by atoms with E-state index in [4.69, 9.17) is 20.9 Å². The molecule has 4 aromatic rings. The number of carboxylic acid groups (broad SMARTS) is 1. The fourth-order valence-electron chi connectivity index (χ4n) is 4.91. The first-order chi connectivity index (χ1) is 21.4. The summed E-state index contributed by atoms with van der Waals surface area (Å²) in [5.41, 5.74) is 6.46. The number of imidazole rings is 1. The van der Waals surface area contributed by atoms with Gasteiger partial charge in [-0.2, -0.15) is 23.5 Å². The number of anilines is 2. The van der Waals surface area contributed by atoms with Gasteiger partial charge in [-0.25, -0.2) is 9.97 Å². The molecule has 2 amide bonds. The molecule has 1 aliphatic rings. The zero-order valence-electron chi connectivity index (χ0n) is 24.1. The summed E-state index contributed by atoms with van der Waals surface area (Å²) in [7, 11) is 0. The van der Waals surface area contributed by atoms with Crippen LogP contribution >= 0.6 is 0 Å². The fraction of sp³-hybridized carbons (Fsp3) is 0.321. The van der Waals surface area contributed by atoms with Gasteiger partial charge < -0.3 is 26.4 Å². The smallest absolute Gasteiger partial charge is 0.435 e. The minimum absolute atomic E-state index is 0.0566. The predicted molar refractivity (Wildman–Crippen MR) is 154 cm³/mol. The number of alkyl halides is 3.